The number of benzene rings is 1. The van der Waals surface area contributed by atoms with Gasteiger partial charge in [0.15, 0.2) is 12.4 Å². The maximum atomic E-state index is 12.3. The summed E-state index contributed by atoms with van der Waals surface area (Å²) in [7, 11) is 0. The molecule has 1 aromatic heterocycles. The number of nitrogens with one attached hydrogen (secondary N) is 2. The predicted molar refractivity (Wildman–Crippen MR) is 86.3 cm³/mol. The number of hydrogen-bond acceptors (Lipinski definition) is 3. The molecule has 1 aromatic carbocycles. The van der Waals surface area contributed by atoms with Crippen LogP contribution < -0.4 is 10.2 Å². The predicted octanol–water partition coefficient (Wildman–Crippen LogP) is 0.751. The van der Waals surface area contributed by atoms with Crippen molar-refractivity contribution < 1.29 is 9.69 Å². The number of nitriles is 1. The highest BCUT2D eigenvalue weighted by Gasteiger charge is 2.20. The molecular formula is C17H20N5O+. The zero-order valence-corrected chi connectivity index (χ0v) is 13.0. The maximum absolute atomic E-state index is 12.3. The fourth-order valence-electron chi connectivity index (χ4n) is 2.95. The molecule has 0 bridgehead atoms. The van der Waals surface area contributed by atoms with Crippen molar-refractivity contribution in [2.45, 2.75) is 19.3 Å². The van der Waals surface area contributed by atoms with Crippen LogP contribution in [-0.2, 0) is 4.79 Å². The summed E-state index contributed by atoms with van der Waals surface area (Å²) >= 11 is 0. The summed E-state index contributed by atoms with van der Waals surface area (Å²) in [5.41, 5.74) is 1.19. The lowest BCUT2D eigenvalue weighted by atomic mass is 10.1. The van der Waals surface area contributed by atoms with Crippen LogP contribution in [0.3, 0.4) is 0 Å². The van der Waals surface area contributed by atoms with Gasteiger partial charge in [0.25, 0.3) is 5.91 Å². The van der Waals surface area contributed by atoms with Gasteiger partial charge in [-0.15, -0.1) is 0 Å². The average molecular weight is 310 g/mol. The lowest BCUT2D eigenvalue weighted by molar-refractivity contribution is -0.896. The molecule has 23 heavy (non-hydrogen) atoms. The Kier molecular flexibility index (Phi) is 4.69. The molecule has 6 heteroatoms. The van der Waals surface area contributed by atoms with E-state index in [0.717, 1.165) is 18.8 Å². The second kappa shape index (κ2) is 7.07. The molecule has 1 aliphatic rings. The zero-order chi connectivity index (χ0) is 16.1. The number of likely N-dealkylation sites (tertiary alicyclic amines) is 1. The van der Waals surface area contributed by atoms with Gasteiger partial charge in [-0.25, -0.2) is 4.68 Å². The molecule has 0 unspecified atom stereocenters. The fourth-order valence-corrected chi connectivity index (χ4v) is 2.95. The SMILES string of the molecule is N#Cc1cnn(-c2ccccc2)c1NC(=O)C[NH+]1CCCCC1. The molecule has 2 heterocycles. The van der Waals surface area contributed by atoms with Crippen LogP contribution in [0.2, 0.25) is 0 Å². The number of piperidine rings is 1. The van der Waals surface area contributed by atoms with Gasteiger partial charge in [0, 0.05) is 0 Å². The van der Waals surface area contributed by atoms with E-state index in [4.69, 9.17) is 0 Å². The van der Waals surface area contributed by atoms with Crippen LogP contribution in [0.4, 0.5) is 5.82 Å². The summed E-state index contributed by atoms with van der Waals surface area (Å²) < 4.78 is 1.60. The monoisotopic (exact) mass is 310 g/mol. The van der Waals surface area contributed by atoms with E-state index in [0.29, 0.717) is 17.9 Å². The lowest BCUT2D eigenvalue weighted by Gasteiger charge is -2.22. The third kappa shape index (κ3) is 3.58. The second-order valence-electron chi connectivity index (χ2n) is 5.80. The van der Waals surface area contributed by atoms with E-state index >= 15 is 0 Å². The molecular weight excluding hydrogens is 290 g/mol. The molecule has 0 saturated carbocycles. The van der Waals surface area contributed by atoms with E-state index in [1.54, 1.807) is 4.68 Å². The number of carbonyl (C=O) groups excluding carboxylic acids is 1. The van der Waals surface area contributed by atoms with E-state index in [-0.39, 0.29) is 5.91 Å². The topological polar surface area (TPSA) is 75.2 Å². The quantitative estimate of drug-likeness (QED) is 0.875. The van der Waals surface area contributed by atoms with Crippen molar-refractivity contribution in [2.75, 3.05) is 25.0 Å². The van der Waals surface area contributed by atoms with Crippen LogP contribution in [0.25, 0.3) is 5.69 Å². The van der Waals surface area contributed by atoms with Crippen molar-refractivity contribution in [3.05, 3.63) is 42.1 Å². The zero-order valence-electron chi connectivity index (χ0n) is 13.0. The summed E-state index contributed by atoms with van der Waals surface area (Å²) in [6.07, 6.45) is 5.09. The lowest BCUT2D eigenvalue weighted by Crippen LogP contribution is -3.13. The van der Waals surface area contributed by atoms with Crippen molar-refractivity contribution in [1.82, 2.24) is 9.78 Å². The standard InChI is InChI=1S/C17H19N5O/c18-11-14-12-19-22(15-7-3-1-4-8-15)17(14)20-16(23)13-21-9-5-2-6-10-21/h1,3-4,7-8,12H,2,5-6,9-10,13H2,(H,20,23)/p+1. The molecule has 0 radical (unpaired) electrons. The van der Waals surface area contributed by atoms with E-state index in [1.807, 2.05) is 30.3 Å². The van der Waals surface area contributed by atoms with Gasteiger partial charge in [0.05, 0.1) is 25.0 Å². The summed E-state index contributed by atoms with van der Waals surface area (Å²) in [6, 6.07) is 11.6. The minimum absolute atomic E-state index is 0.0731. The summed E-state index contributed by atoms with van der Waals surface area (Å²) in [5, 5.41) is 16.4. The van der Waals surface area contributed by atoms with Crippen molar-refractivity contribution in [1.29, 1.82) is 5.26 Å². The third-order valence-corrected chi connectivity index (χ3v) is 4.12. The van der Waals surface area contributed by atoms with Gasteiger partial charge >= 0.3 is 0 Å². The molecule has 0 aliphatic carbocycles. The molecule has 2 N–H and O–H groups in total. The van der Waals surface area contributed by atoms with Gasteiger partial charge in [-0.2, -0.15) is 10.4 Å². The third-order valence-electron chi connectivity index (χ3n) is 4.12. The van der Waals surface area contributed by atoms with Crippen LogP contribution >= 0.6 is 0 Å². The van der Waals surface area contributed by atoms with E-state index < -0.39 is 0 Å². The summed E-state index contributed by atoms with van der Waals surface area (Å²) in [4.78, 5) is 13.7. The molecule has 1 aliphatic heterocycles. The first kappa shape index (κ1) is 15.3. The van der Waals surface area contributed by atoms with Crippen molar-refractivity contribution >= 4 is 11.7 Å². The Morgan fingerprint density at radius 1 is 1.26 bits per heavy atom. The van der Waals surface area contributed by atoms with Crippen LogP contribution in [0.15, 0.2) is 36.5 Å². The largest absolute Gasteiger partial charge is 0.327 e. The molecule has 0 spiro atoms. The van der Waals surface area contributed by atoms with Gasteiger partial charge in [0.2, 0.25) is 0 Å². The van der Waals surface area contributed by atoms with E-state index in [9.17, 15) is 10.1 Å². The Hall–Kier alpha value is -2.65. The van der Waals surface area contributed by atoms with Crippen LogP contribution in [0, 0.1) is 11.3 Å². The smallest absolute Gasteiger partial charge is 0.280 e. The van der Waals surface area contributed by atoms with Crippen molar-refractivity contribution in [3.8, 4) is 11.8 Å². The van der Waals surface area contributed by atoms with E-state index in [1.165, 1.54) is 30.4 Å². The second-order valence-corrected chi connectivity index (χ2v) is 5.80. The Morgan fingerprint density at radius 3 is 2.70 bits per heavy atom. The van der Waals surface area contributed by atoms with Crippen molar-refractivity contribution in [3.63, 3.8) is 0 Å². The van der Waals surface area contributed by atoms with Gasteiger partial charge in [-0.05, 0) is 31.4 Å². The highest BCUT2D eigenvalue weighted by atomic mass is 16.2. The Morgan fingerprint density at radius 2 is 2.00 bits per heavy atom. The first-order valence-electron chi connectivity index (χ1n) is 7.95. The maximum Gasteiger partial charge on any atom is 0.280 e. The van der Waals surface area contributed by atoms with E-state index in [2.05, 4.69) is 16.5 Å². The number of anilines is 1. The molecule has 0 atom stereocenters. The number of amides is 1. The fraction of sp³-hybridized carbons (Fsp3) is 0.353. The molecule has 1 fully saturated rings. The Bertz CT molecular complexity index is 710. The van der Waals surface area contributed by atoms with Crippen LogP contribution in [0.5, 0.6) is 0 Å². The summed E-state index contributed by atoms with van der Waals surface area (Å²) in [5.74, 6) is 0.371. The van der Waals surface area contributed by atoms with Gasteiger partial charge in [-0.3, -0.25) is 4.79 Å². The normalized spacial score (nSPS) is 15.1. The summed E-state index contributed by atoms with van der Waals surface area (Å²) in [6.45, 7) is 2.51. The number of nitrogens with zero attached hydrogens (tertiary/aromatic N) is 3. The number of rotatable bonds is 4. The Labute approximate surface area is 135 Å². The molecule has 3 rings (SSSR count). The van der Waals surface area contributed by atoms with Gasteiger partial charge in [0.1, 0.15) is 11.6 Å². The van der Waals surface area contributed by atoms with Crippen LogP contribution in [0.1, 0.15) is 24.8 Å². The highest BCUT2D eigenvalue weighted by Crippen LogP contribution is 2.19. The molecule has 6 nitrogen and oxygen atoms in total. The highest BCUT2D eigenvalue weighted by molar-refractivity contribution is 5.92. The molecule has 1 saturated heterocycles. The van der Waals surface area contributed by atoms with Crippen molar-refractivity contribution in [2.24, 2.45) is 0 Å². The number of quaternary nitrogens is 1. The average Bonchev–Trinajstić information content (AvgIpc) is 2.99. The molecule has 2 aromatic rings. The number of aromatic nitrogens is 2. The minimum Gasteiger partial charge on any atom is -0.327 e. The minimum atomic E-state index is -0.0731. The van der Waals surface area contributed by atoms with Gasteiger partial charge in [-0.1, -0.05) is 18.2 Å². The van der Waals surface area contributed by atoms with Gasteiger partial charge < -0.3 is 10.2 Å². The first-order chi connectivity index (χ1) is 11.3. The molecule has 118 valence electrons. The number of para-hydroxylation sites is 1. The first-order valence-corrected chi connectivity index (χ1v) is 7.95. The number of hydrogen-bond donors (Lipinski definition) is 2. The Balaban J connectivity index is 1.77. The van der Waals surface area contributed by atoms with Crippen LogP contribution in [-0.4, -0.2) is 35.3 Å². The molecule has 1 amide bonds. The number of carbonyl (C=O) groups is 1.